The Morgan fingerprint density at radius 2 is 1.96 bits per heavy atom. The van der Waals surface area contributed by atoms with E-state index in [1.165, 1.54) is 0 Å². The Labute approximate surface area is 162 Å². The number of nitrogens with zero attached hydrogens (tertiary/aromatic N) is 4. The molecule has 0 fully saturated rings. The maximum Gasteiger partial charge on any atom is 0.243 e. The van der Waals surface area contributed by atoms with Crippen molar-refractivity contribution in [3.8, 4) is 5.75 Å². The summed E-state index contributed by atoms with van der Waals surface area (Å²) in [5.41, 5.74) is 1.97. The summed E-state index contributed by atoms with van der Waals surface area (Å²) in [7, 11) is 0. The minimum Gasteiger partial charge on any atom is -0.489 e. The summed E-state index contributed by atoms with van der Waals surface area (Å²) >= 11 is 12.0. The van der Waals surface area contributed by atoms with Gasteiger partial charge in [-0.05, 0) is 40.6 Å². The van der Waals surface area contributed by atoms with Gasteiger partial charge in [0.15, 0.2) is 0 Å². The summed E-state index contributed by atoms with van der Waals surface area (Å²) in [6.07, 6.45) is 0.961. The third kappa shape index (κ3) is 4.65. The van der Waals surface area contributed by atoms with E-state index in [9.17, 15) is 0 Å². The zero-order valence-electron chi connectivity index (χ0n) is 14.3. The Bertz CT molecular complexity index is 868. The normalized spacial score (nSPS) is 10.7. The Morgan fingerprint density at radius 3 is 2.77 bits per heavy atom. The summed E-state index contributed by atoms with van der Waals surface area (Å²) < 4.78 is 7.71. The van der Waals surface area contributed by atoms with Crippen LogP contribution in [0.4, 0.5) is 5.95 Å². The number of hydrogen-bond acceptors (Lipinski definition) is 5. The molecule has 0 aliphatic carbocycles. The first-order valence-electron chi connectivity index (χ1n) is 8.32. The fraction of sp³-hybridized carbons (Fsp3) is 0.278. The lowest BCUT2D eigenvalue weighted by molar-refractivity contribution is 0.303. The molecule has 136 valence electrons. The Morgan fingerprint density at radius 1 is 1.12 bits per heavy atom. The van der Waals surface area contributed by atoms with Crippen molar-refractivity contribution in [1.82, 2.24) is 20.2 Å². The number of para-hydroxylation sites is 1. The number of nitrogens with one attached hydrogen (secondary N) is 1. The molecular weight excluding hydrogens is 373 g/mol. The fourth-order valence-electron chi connectivity index (χ4n) is 2.45. The standard InChI is InChI=1S/C18H19Cl2N5O/c1-2-9-25-18(22-23-24-25)21-11-14-5-3-4-6-17(14)26-12-13-7-8-15(19)16(20)10-13/h3-8,10H,2,9,11-12H2,1H3,(H,21,22,24). The molecule has 1 aromatic heterocycles. The Balaban J connectivity index is 1.65. The highest BCUT2D eigenvalue weighted by Crippen LogP contribution is 2.24. The number of ether oxygens (including phenoxy) is 1. The van der Waals surface area contributed by atoms with Crippen molar-refractivity contribution in [2.45, 2.75) is 33.0 Å². The van der Waals surface area contributed by atoms with Gasteiger partial charge in [0.1, 0.15) is 12.4 Å². The molecule has 0 atom stereocenters. The largest absolute Gasteiger partial charge is 0.489 e. The van der Waals surface area contributed by atoms with E-state index in [0.29, 0.717) is 29.1 Å². The van der Waals surface area contributed by atoms with Gasteiger partial charge in [-0.25, -0.2) is 4.68 Å². The van der Waals surface area contributed by atoms with Gasteiger partial charge in [0.05, 0.1) is 10.0 Å². The second kappa shape index (κ2) is 8.87. The van der Waals surface area contributed by atoms with Crippen LogP contribution in [0, 0.1) is 0 Å². The molecule has 0 radical (unpaired) electrons. The number of anilines is 1. The third-order valence-corrected chi connectivity index (χ3v) is 4.49. The lowest BCUT2D eigenvalue weighted by Gasteiger charge is -2.13. The molecule has 2 aromatic carbocycles. The minimum absolute atomic E-state index is 0.404. The van der Waals surface area contributed by atoms with E-state index in [-0.39, 0.29) is 0 Å². The highest BCUT2D eigenvalue weighted by molar-refractivity contribution is 6.42. The molecule has 0 bridgehead atoms. The second-order valence-corrected chi connectivity index (χ2v) is 6.54. The third-order valence-electron chi connectivity index (χ3n) is 3.76. The van der Waals surface area contributed by atoms with Gasteiger partial charge in [0, 0.05) is 18.7 Å². The van der Waals surface area contributed by atoms with Crippen LogP contribution in [0.25, 0.3) is 0 Å². The lowest BCUT2D eigenvalue weighted by Crippen LogP contribution is -2.09. The monoisotopic (exact) mass is 391 g/mol. The van der Waals surface area contributed by atoms with Crippen LogP contribution in [0.3, 0.4) is 0 Å². The summed E-state index contributed by atoms with van der Waals surface area (Å²) in [4.78, 5) is 0. The molecule has 0 saturated heterocycles. The molecule has 3 rings (SSSR count). The zero-order chi connectivity index (χ0) is 18.4. The van der Waals surface area contributed by atoms with Crippen molar-refractivity contribution >= 4 is 29.2 Å². The van der Waals surface area contributed by atoms with Gasteiger partial charge in [-0.15, -0.1) is 0 Å². The predicted molar refractivity (Wildman–Crippen MR) is 103 cm³/mol. The summed E-state index contributed by atoms with van der Waals surface area (Å²) in [6, 6.07) is 13.3. The van der Waals surface area contributed by atoms with Crippen molar-refractivity contribution in [1.29, 1.82) is 0 Å². The van der Waals surface area contributed by atoms with Gasteiger partial charge in [-0.1, -0.05) is 59.5 Å². The second-order valence-electron chi connectivity index (χ2n) is 5.72. The van der Waals surface area contributed by atoms with E-state index in [4.69, 9.17) is 27.9 Å². The number of halogens is 2. The van der Waals surface area contributed by atoms with Crippen LogP contribution in [0.5, 0.6) is 5.75 Å². The van der Waals surface area contributed by atoms with Crippen molar-refractivity contribution in [3.63, 3.8) is 0 Å². The highest BCUT2D eigenvalue weighted by atomic mass is 35.5. The van der Waals surface area contributed by atoms with Gasteiger partial charge in [-0.3, -0.25) is 0 Å². The maximum absolute atomic E-state index is 6.06. The molecule has 0 aliphatic heterocycles. The van der Waals surface area contributed by atoms with Crippen LogP contribution >= 0.6 is 23.2 Å². The SMILES string of the molecule is CCCn1nnnc1NCc1ccccc1OCc1ccc(Cl)c(Cl)c1. The molecular formula is C18H19Cl2N5O. The first kappa shape index (κ1) is 18.5. The number of rotatable bonds is 8. The molecule has 6 nitrogen and oxygen atoms in total. The summed E-state index contributed by atoms with van der Waals surface area (Å²) in [6.45, 7) is 3.81. The minimum atomic E-state index is 0.404. The number of tetrazole rings is 1. The zero-order valence-corrected chi connectivity index (χ0v) is 15.8. The van der Waals surface area contributed by atoms with Gasteiger partial charge >= 0.3 is 0 Å². The van der Waals surface area contributed by atoms with E-state index in [0.717, 1.165) is 29.8 Å². The quantitative estimate of drug-likeness (QED) is 0.608. The van der Waals surface area contributed by atoms with Crippen LogP contribution in [-0.4, -0.2) is 20.2 Å². The fourth-order valence-corrected chi connectivity index (χ4v) is 2.77. The number of benzene rings is 2. The van der Waals surface area contributed by atoms with E-state index in [1.807, 2.05) is 36.4 Å². The molecule has 0 saturated carbocycles. The molecule has 0 amide bonds. The summed E-state index contributed by atoms with van der Waals surface area (Å²) in [5.74, 6) is 1.44. The molecule has 3 aromatic rings. The van der Waals surface area contributed by atoms with E-state index in [2.05, 4.69) is 27.8 Å². The predicted octanol–water partition coefficient (Wildman–Crippen LogP) is 4.58. The molecule has 8 heteroatoms. The lowest BCUT2D eigenvalue weighted by atomic mass is 10.2. The van der Waals surface area contributed by atoms with Gasteiger partial charge < -0.3 is 10.1 Å². The molecule has 0 unspecified atom stereocenters. The van der Waals surface area contributed by atoms with Crippen LogP contribution in [0.2, 0.25) is 10.0 Å². The molecule has 1 N–H and O–H groups in total. The van der Waals surface area contributed by atoms with Crippen LogP contribution < -0.4 is 10.1 Å². The topological polar surface area (TPSA) is 64.9 Å². The average molecular weight is 392 g/mol. The molecule has 26 heavy (non-hydrogen) atoms. The van der Waals surface area contributed by atoms with E-state index < -0.39 is 0 Å². The number of hydrogen-bond donors (Lipinski definition) is 1. The maximum atomic E-state index is 6.06. The first-order valence-corrected chi connectivity index (χ1v) is 9.07. The van der Waals surface area contributed by atoms with Crippen LogP contribution in [-0.2, 0) is 19.7 Å². The van der Waals surface area contributed by atoms with Crippen molar-refractivity contribution < 1.29 is 4.74 Å². The van der Waals surface area contributed by atoms with Crippen molar-refractivity contribution in [3.05, 3.63) is 63.6 Å². The molecule has 1 heterocycles. The molecule has 0 aliphatic rings. The van der Waals surface area contributed by atoms with Crippen molar-refractivity contribution in [2.75, 3.05) is 5.32 Å². The number of aryl methyl sites for hydroxylation is 1. The van der Waals surface area contributed by atoms with E-state index in [1.54, 1.807) is 10.7 Å². The smallest absolute Gasteiger partial charge is 0.243 e. The van der Waals surface area contributed by atoms with Crippen molar-refractivity contribution in [2.24, 2.45) is 0 Å². The summed E-state index contributed by atoms with van der Waals surface area (Å²) in [5, 5.41) is 16.0. The van der Waals surface area contributed by atoms with E-state index >= 15 is 0 Å². The van der Waals surface area contributed by atoms with Crippen LogP contribution in [0.1, 0.15) is 24.5 Å². The van der Waals surface area contributed by atoms with Gasteiger partial charge in [0.25, 0.3) is 0 Å². The number of aromatic nitrogens is 4. The first-order chi connectivity index (χ1) is 12.7. The Hall–Kier alpha value is -2.31. The average Bonchev–Trinajstić information content (AvgIpc) is 3.09. The van der Waals surface area contributed by atoms with Gasteiger partial charge in [0.2, 0.25) is 5.95 Å². The Kier molecular flexibility index (Phi) is 6.30. The van der Waals surface area contributed by atoms with Crippen LogP contribution in [0.15, 0.2) is 42.5 Å². The van der Waals surface area contributed by atoms with Gasteiger partial charge in [-0.2, -0.15) is 0 Å². The highest BCUT2D eigenvalue weighted by Gasteiger charge is 2.08. The molecule has 0 spiro atoms.